The summed E-state index contributed by atoms with van der Waals surface area (Å²) in [5.74, 6) is -1.79. The quantitative estimate of drug-likeness (QED) is 0.578. The van der Waals surface area contributed by atoms with E-state index in [1.807, 2.05) is 32.0 Å². The fourth-order valence-electron chi connectivity index (χ4n) is 3.64. The van der Waals surface area contributed by atoms with E-state index in [1.165, 1.54) is 9.80 Å². The number of likely N-dealkylation sites (tertiary alicyclic amines) is 1. The number of piperidine rings is 1. The van der Waals surface area contributed by atoms with Gasteiger partial charge in [-0.2, -0.15) is 0 Å². The lowest BCUT2D eigenvalue weighted by Gasteiger charge is -2.33. The second kappa shape index (κ2) is 12.4. The molecule has 0 spiro atoms. The molecule has 1 fully saturated rings. The highest BCUT2D eigenvalue weighted by Crippen LogP contribution is 2.20. The predicted molar refractivity (Wildman–Crippen MR) is 128 cm³/mol. The summed E-state index contributed by atoms with van der Waals surface area (Å²) in [7, 11) is 0. The van der Waals surface area contributed by atoms with Crippen molar-refractivity contribution < 1.29 is 28.7 Å². The summed E-state index contributed by atoms with van der Waals surface area (Å²) in [5, 5.41) is 2.81. The Hall–Kier alpha value is -3.10. The lowest BCUT2D eigenvalue weighted by atomic mass is 9.98. The molecule has 9 nitrogen and oxygen atoms in total. The number of nitrogens with zero attached hydrogens (tertiary/aromatic N) is 2. The normalized spacial score (nSPS) is 15.9. The zero-order valence-corrected chi connectivity index (χ0v) is 20.9. The minimum atomic E-state index is -0.620. The van der Waals surface area contributed by atoms with Crippen LogP contribution < -0.4 is 5.32 Å². The lowest BCUT2D eigenvalue weighted by molar-refractivity contribution is -0.157. The maximum absolute atomic E-state index is 12.7. The molecule has 0 bridgehead atoms. The molecule has 1 atom stereocenters. The molecule has 1 aromatic carbocycles. The second-order valence-corrected chi connectivity index (χ2v) is 9.55. The van der Waals surface area contributed by atoms with Crippen LogP contribution in [-0.2, 0) is 23.9 Å². The molecular formula is C25H37N3O6. The molecule has 1 saturated heterocycles. The monoisotopic (exact) mass is 475 g/mol. The minimum Gasteiger partial charge on any atom is -0.455 e. The van der Waals surface area contributed by atoms with Crippen LogP contribution in [0.4, 0.5) is 10.5 Å². The Labute approximate surface area is 201 Å². The molecule has 0 aromatic heterocycles. The molecule has 1 unspecified atom stereocenters. The van der Waals surface area contributed by atoms with Crippen LogP contribution in [0.1, 0.15) is 52.5 Å². The molecule has 0 radical (unpaired) electrons. The maximum atomic E-state index is 12.7. The van der Waals surface area contributed by atoms with Gasteiger partial charge < -0.3 is 24.6 Å². The van der Waals surface area contributed by atoms with E-state index in [4.69, 9.17) is 9.47 Å². The molecule has 0 aliphatic carbocycles. The second-order valence-electron chi connectivity index (χ2n) is 9.55. The van der Waals surface area contributed by atoms with Crippen LogP contribution in [0.15, 0.2) is 24.3 Å². The number of hydrogen-bond donors (Lipinski definition) is 1. The summed E-state index contributed by atoms with van der Waals surface area (Å²) in [4.78, 5) is 53.0. The van der Waals surface area contributed by atoms with E-state index >= 15 is 0 Å². The van der Waals surface area contributed by atoms with Crippen LogP contribution in [0.5, 0.6) is 0 Å². The highest BCUT2D eigenvalue weighted by atomic mass is 16.6. The summed E-state index contributed by atoms with van der Waals surface area (Å²) in [6.45, 7) is 9.65. The van der Waals surface area contributed by atoms with E-state index in [0.29, 0.717) is 38.0 Å². The van der Waals surface area contributed by atoms with Crippen molar-refractivity contribution in [3.63, 3.8) is 0 Å². The molecule has 1 N–H and O–H groups in total. The molecule has 2 rings (SSSR count). The zero-order chi connectivity index (χ0) is 25.3. The van der Waals surface area contributed by atoms with Crippen molar-refractivity contribution in [3.05, 3.63) is 29.8 Å². The van der Waals surface area contributed by atoms with Gasteiger partial charge in [-0.25, -0.2) is 4.79 Å². The van der Waals surface area contributed by atoms with Gasteiger partial charge in [-0.15, -0.1) is 0 Å². The van der Waals surface area contributed by atoms with Gasteiger partial charge in [0.15, 0.2) is 6.61 Å². The highest BCUT2D eigenvalue weighted by molar-refractivity contribution is 5.95. The number of carbonyl (C=O) groups is 4. The summed E-state index contributed by atoms with van der Waals surface area (Å²) in [6.07, 6.45) is 1.41. The summed E-state index contributed by atoms with van der Waals surface area (Å²) in [5.41, 5.74) is 0.992. The lowest BCUT2D eigenvalue weighted by Crippen LogP contribution is -2.45. The van der Waals surface area contributed by atoms with Crippen molar-refractivity contribution in [2.24, 2.45) is 5.92 Å². The molecule has 9 heteroatoms. The number of ether oxygens (including phenoxy) is 2. The third kappa shape index (κ3) is 8.68. The van der Waals surface area contributed by atoms with E-state index in [0.717, 1.165) is 5.56 Å². The molecule has 188 valence electrons. The predicted octanol–water partition coefficient (Wildman–Crippen LogP) is 3.36. The molecule has 1 aliphatic rings. The molecule has 1 aliphatic heterocycles. The number of amides is 3. The van der Waals surface area contributed by atoms with Crippen LogP contribution in [0.2, 0.25) is 0 Å². The van der Waals surface area contributed by atoms with Gasteiger partial charge in [-0.05, 0) is 58.6 Å². The number of esters is 1. The Morgan fingerprint density at radius 1 is 1.18 bits per heavy atom. The third-order valence-corrected chi connectivity index (χ3v) is 5.34. The van der Waals surface area contributed by atoms with E-state index in [2.05, 4.69) is 5.32 Å². The molecule has 1 heterocycles. The Kier molecular flexibility index (Phi) is 9.89. The van der Waals surface area contributed by atoms with Crippen LogP contribution >= 0.6 is 0 Å². The number of benzene rings is 1. The number of nitrogens with one attached hydrogen (secondary N) is 1. The smallest absolute Gasteiger partial charge is 0.410 e. The third-order valence-electron chi connectivity index (χ3n) is 5.34. The van der Waals surface area contributed by atoms with Gasteiger partial charge >= 0.3 is 12.1 Å². The molecule has 1 aromatic rings. The van der Waals surface area contributed by atoms with Gasteiger partial charge in [0.05, 0.1) is 12.5 Å². The van der Waals surface area contributed by atoms with Gasteiger partial charge in [-0.1, -0.05) is 25.1 Å². The fraction of sp³-hybridized carbons (Fsp3) is 0.600. The minimum absolute atomic E-state index is 0.131. The number of carbonyl (C=O) groups excluding carboxylic acids is 4. The topological polar surface area (TPSA) is 105 Å². The standard InChI is InChI=1S/C25H37N3O6/c1-6-13-27(16-21(29)26-20-12-8-7-10-18(20)2)22(30)17-33-23(31)19-11-9-14-28(15-19)24(32)34-25(3,4)5/h7-8,10,12,19H,6,9,11,13-17H2,1-5H3,(H,26,29). The van der Waals surface area contributed by atoms with Gasteiger partial charge in [0.1, 0.15) is 5.60 Å². The summed E-state index contributed by atoms with van der Waals surface area (Å²) >= 11 is 0. The molecule has 34 heavy (non-hydrogen) atoms. The Morgan fingerprint density at radius 3 is 2.53 bits per heavy atom. The number of anilines is 1. The number of hydrogen-bond acceptors (Lipinski definition) is 6. The van der Waals surface area contributed by atoms with Crippen molar-refractivity contribution in [2.75, 3.05) is 38.1 Å². The van der Waals surface area contributed by atoms with E-state index in [-0.39, 0.29) is 19.0 Å². The number of rotatable bonds is 8. The number of aryl methyl sites for hydroxylation is 1. The van der Waals surface area contributed by atoms with Crippen molar-refractivity contribution in [3.8, 4) is 0 Å². The Balaban J connectivity index is 1.87. The molecular weight excluding hydrogens is 438 g/mol. The average molecular weight is 476 g/mol. The van der Waals surface area contributed by atoms with Gasteiger partial charge in [0.2, 0.25) is 5.91 Å². The van der Waals surface area contributed by atoms with Crippen LogP contribution in [0.3, 0.4) is 0 Å². The maximum Gasteiger partial charge on any atom is 0.410 e. The van der Waals surface area contributed by atoms with E-state index < -0.39 is 36.1 Å². The van der Waals surface area contributed by atoms with Crippen molar-refractivity contribution in [1.82, 2.24) is 9.80 Å². The van der Waals surface area contributed by atoms with E-state index in [1.54, 1.807) is 26.8 Å². The van der Waals surface area contributed by atoms with Crippen LogP contribution in [0, 0.1) is 12.8 Å². The number of para-hydroxylation sites is 1. The largest absolute Gasteiger partial charge is 0.455 e. The van der Waals surface area contributed by atoms with Gasteiger partial charge in [-0.3, -0.25) is 14.4 Å². The van der Waals surface area contributed by atoms with Crippen molar-refractivity contribution >= 4 is 29.6 Å². The molecule has 0 saturated carbocycles. The first kappa shape index (κ1) is 27.1. The zero-order valence-electron chi connectivity index (χ0n) is 20.9. The van der Waals surface area contributed by atoms with Crippen molar-refractivity contribution in [1.29, 1.82) is 0 Å². The first-order valence-corrected chi connectivity index (χ1v) is 11.8. The molecule has 3 amide bonds. The van der Waals surface area contributed by atoms with Crippen LogP contribution in [0.25, 0.3) is 0 Å². The van der Waals surface area contributed by atoms with Crippen LogP contribution in [-0.4, -0.2) is 72.1 Å². The highest BCUT2D eigenvalue weighted by Gasteiger charge is 2.32. The van der Waals surface area contributed by atoms with Gasteiger partial charge in [0, 0.05) is 25.3 Å². The van der Waals surface area contributed by atoms with Crippen molar-refractivity contribution in [2.45, 2.75) is 59.5 Å². The first-order valence-electron chi connectivity index (χ1n) is 11.8. The van der Waals surface area contributed by atoms with E-state index in [9.17, 15) is 19.2 Å². The fourth-order valence-corrected chi connectivity index (χ4v) is 3.64. The Morgan fingerprint density at radius 2 is 1.88 bits per heavy atom. The average Bonchev–Trinajstić information content (AvgIpc) is 2.77. The summed E-state index contributed by atoms with van der Waals surface area (Å²) in [6, 6.07) is 7.39. The SMILES string of the molecule is CCCN(CC(=O)Nc1ccccc1C)C(=O)COC(=O)C1CCCN(C(=O)OC(C)(C)C)C1. The van der Waals surface area contributed by atoms with Gasteiger partial charge in [0.25, 0.3) is 5.91 Å². The summed E-state index contributed by atoms with van der Waals surface area (Å²) < 4.78 is 10.7. The Bertz CT molecular complexity index is 880. The first-order chi connectivity index (χ1) is 16.0.